The summed E-state index contributed by atoms with van der Waals surface area (Å²) in [5.41, 5.74) is 0.126. The van der Waals surface area contributed by atoms with Gasteiger partial charge in [-0.05, 0) is 23.7 Å². The fourth-order valence-electron chi connectivity index (χ4n) is 2.80. The van der Waals surface area contributed by atoms with Crippen LogP contribution >= 0.6 is 23.2 Å². The molecule has 8 nitrogen and oxygen atoms in total. The number of benzene rings is 2. The molecule has 0 saturated carbocycles. The molecular formula is C21H17Cl2F2N3O5. The summed E-state index contributed by atoms with van der Waals surface area (Å²) in [6.07, 6.45) is 1.19. The van der Waals surface area contributed by atoms with Crippen molar-refractivity contribution >= 4 is 40.7 Å². The Labute approximate surface area is 197 Å². The van der Waals surface area contributed by atoms with E-state index in [0.29, 0.717) is 0 Å². The summed E-state index contributed by atoms with van der Waals surface area (Å²) < 4.78 is 48.7. The molecule has 0 aliphatic carbocycles. The third kappa shape index (κ3) is 5.35. The second-order valence-electron chi connectivity index (χ2n) is 6.33. The first kappa shape index (κ1) is 24.3. The second-order valence-corrected chi connectivity index (χ2v) is 7.08. The molecule has 0 unspecified atom stereocenters. The highest BCUT2D eigenvalue weighted by atomic mass is 35.5. The number of carbonyl (C=O) groups is 1. The van der Waals surface area contributed by atoms with Gasteiger partial charge < -0.3 is 24.3 Å². The molecule has 3 aromatic rings. The highest BCUT2D eigenvalue weighted by Gasteiger charge is 2.20. The standard InChI is InChI=1S/C21H17Cl2F2N3O5/c1-30-15-5-4-13(24)18(25)11(15)9-33-17-7-14(12(22)6-16(17)31-2)27-19-10(20(29)32-3)8-26-21(23)28-19/h4-8H,9H2,1-3H3,(H,26,27,28). The van der Waals surface area contributed by atoms with Crippen molar-refractivity contribution in [2.75, 3.05) is 26.6 Å². The van der Waals surface area contributed by atoms with Gasteiger partial charge in [-0.1, -0.05) is 11.6 Å². The maximum Gasteiger partial charge on any atom is 0.343 e. The number of anilines is 2. The smallest absolute Gasteiger partial charge is 0.343 e. The summed E-state index contributed by atoms with van der Waals surface area (Å²) in [6.45, 7) is -0.378. The summed E-state index contributed by atoms with van der Waals surface area (Å²) in [7, 11) is 3.91. The molecule has 1 N–H and O–H groups in total. The number of hydrogen-bond donors (Lipinski definition) is 1. The number of methoxy groups -OCH3 is 3. The minimum atomic E-state index is -1.10. The quantitative estimate of drug-likeness (QED) is 0.334. The van der Waals surface area contributed by atoms with Crippen molar-refractivity contribution in [3.05, 3.63) is 63.5 Å². The van der Waals surface area contributed by atoms with Crippen LogP contribution in [0.1, 0.15) is 15.9 Å². The highest BCUT2D eigenvalue weighted by molar-refractivity contribution is 6.33. The number of rotatable bonds is 8. The molecule has 174 valence electrons. The monoisotopic (exact) mass is 499 g/mol. The first-order valence-electron chi connectivity index (χ1n) is 9.18. The van der Waals surface area contributed by atoms with Gasteiger partial charge >= 0.3 is 5.97 Å². The van der Waals surface area contributed by atoms with Crippen molar-refractivity contribution in [2.24, 2.45) is 0 Å². The number of carbonyl (C=O) groups excluding carboxylic acids is 1. The van der Waals surface area contributed by atoms with Gasteiger partial charge in [0.05, 0.1) is 37.6 Å². The van der Waals surface area contributed by atoms with E-state index in [4.69, 9.17) is 42.1 Å². The van der Waals surface area contributed by atoms with Crippen LogP contribution in [0.3, 0.4) is 0 Å². The zero-order valence-corrected chi connectivity index (χ0v) is 19.1. The molecule has 0 bridgehead atoms. The lowest BCUT2D eigenvalue weighted by molar-refractivity contribution is 0.0601. The van der Waals surface area contributed by atoms with E-state index >= 15 is 0 Å². The molecule has 0 aliphatic heterocycles. The van der Waals surface area contributed by atoms with Crippen LogP contribution in [0.15, 0.2) is 30.5 Å². The SMILES string of the molecule is COC(=O)c1cnc(Cl)nc1Nc1cc(OCc2c(OC)ccc(F)c2F)c(OC)cc1Cl. The normalized spacial score (nSPS) is 10.5. The second kappa shape index (κ2) is 10.5. The predicted molar refractivity (Wildman–Crippen MR) is 117 cm³/mol. The largest absolute Gasteiger partial charge is 0.496 e. The number of ether oxygens (including phenoxy) is 4. The van der Waals surface area contributed by atoms with E-state index < -0.39 is 17.6 Å². The number of nitrogens with one attached hydrogen (secondary N) is 1. The molecule has 12 heteroatoms. The van der Waals surface area contributed by atoms with Gasteiger partial charge in [0.15, 0.2) is 23.1 Å². The van der Waals surface area contributed by atoms with Gasteiger partial charge in [-0.25, -0.2) is 18.6 Å². The minimum Gasteiger partial charge on any atom is -0.496 e. The van der Waals surface area contributed by atoms with Crippen molar-refractivity contribution in [3.8, 4) is 17.2 Å². The molecule has 2 aromatic carbocycles. The summed E-state index contributed by atoms with van der Waals surface area (Å²) in [5.74, 6) is -2.36. The molecule has 0 fully saturated rings. The van der Waals surface area contributed by atoms with E-state index in [2.05, 4.69) is 15.3 Å². The minimum absolute atomic E-state index is 0.00261. The molecule has 0 spiro atoms. The molecule has 0 saturated heterocycles. The Morgan fingerprint density at radius 3 is 2.45 bits per heavy atom. The van der Waals surface area contributed by atoms with Gasteiger partial charge in [0.2, 0.25) is 5.28 Å². The Balaban J connectivity index is 1.96. The molecule has 3 rings (SSSR count). The summed E-state index contributed by atoms with van der Waals surface area (Å²) in [6, 6.07) is 5.10. The fraction of sp³-hybridized carbons (Fsp3) is 0.190. The van der Waals surface area contributed by atoms with Crippen LogP contribution in [-0.2, 0) is 11.3 Å². The van der Waals surface area contributed by atoms with E-state index in [1.807, 2.05) is 0 Å². The number of hydrogen-bond acceptors (Lipinski definition) is 8. The fourth-order valence-corrected chi connectivity index (χ4v) is 3.13. The Morgan fingerprint density at radius 2 is 1.79 bits per heavy atom. The number of halogens is 4. The number of aromatic nitrogens is 2. The van der Waals surface area contributed by atoms with Gasteiger partial charge in [0.25, 0.3) is 0 Å². The van der Waals surface area contributed by atoms with Gasteiger partial charge in [0, 0.05) is 18.3 Å². The summed E-state index contributed by atoms with van der Waals surface area (Å²) in [5, 5.41) is 2.92. The van der Waals surface area contributed by atoms with Crippen LogP contribution < -0.4 is 19.5 Å². The molecule has 0 atom stereocenters. The Bertz CT molecular complexity index is 1200. The first-order chi connectivity index (χ1) is 15.8. The molecule has 0 aliphatic rings. The van der Waals surface area contributed by atoms with Crippen LogP contribution in [0.5, 0.6) is 17.2 Å². The van der Waals surface area contributed by atoms with Crippen LogP contribution in [0, 0.1) is 11.6 Å². The van der Waals surface area contributed by atoms with Crippen molar-refractivity contribution in [1.82, 2.24) is 9.97 Å². The van der Waals surface area contributed by atoms with Gasteiger partial charge in [-0.2, -0.15) is 4.98 Å². The first-order valence-corrected chi connectivity index (χ1v) is 9.93. The van der Waals surface area contributed by atoms with E-state index in [1.165, 1.54) is 45.7 Å². The molecule has 1 heterocycles. The zero-order valence-electron chi connectivity index (χ0n) is 17.5. The van der Waals surface area contributed by atoms with Gasteiger partial charge in [-0.3, -0.25) is 0 Å². The highest BCUT2D eigenvalue weighted by Crippen LogP contribution is 2.39. The zero-order chi connectivity index (χ0) is 24.1. The Morgan fingerprint density at radius 1 is 1.06 bits per heavy atom. The van der Waals surface area contributed by atoms with Gasteiger partial charge in [-0.15, -0.1) is 0 Å². The van der Waals surface area contributed by atoms with E-state index in [-0.39, 0.29) is 56.8 Å². The third-order valence-electron chi connectivity index (χ3n) is 4.42. The predicted octanol–water partition coefficient (Wildman–Crippen LogP) is 5.19. The average molecular weight is 500 g/mol. The number of esters is 1. The number of nitrogens with zero attached hydrogens (tertiary/aromatic N) is 2. The van der Waals surface area contributed by atoms with Crippen molar-refractivity contribution in [3.63, 3.8) is 0 Å². The topological polar surface area (TPSA) is 91.8 Å². The third-order valence-corrected chi connectivity index (χ3v) is 4.91. The molecule has 33 heavy (non-hydrogen) atoms. The van der Waals surface area contributed by atoms with Crippen LogP contribution in [0.25, 0.3) is 0 Å². The molecular weight excluding hydrogens is 483 g/mol. The lowest BCUT2D eigenvalue weighted by Crippen LogP contribution is -2.09. The molecule has 1 aromatic heterocycles. The lowest BCUT2D eigenvalue weighted by Gasteiger charge is -2.17. The van der Waals surface area contributed by atoms with Crippen molar-refractivity contribution < 1.29 is 32.5 Å². The van der Waals surface area contributed by atoms with Gasteiger partial charge in [0.1, 0.15) is 23.7 Å². The van der Waals surface area contributed by atoms with E-state index in [1.54, 1.807) is 0 Å². The van der Waals surface area contributed by atoms with Crippen molar-refractivity contribution in [1.29, 1.82) is 0 Å². The van der Waals surface area contributed by atoms with E-state index in [0.717, 1.165) is 6.07 Å². The Kier molecular flexibility index (Phi) is 7.72. The lowest BCUT2D eigenvalue weighted by atomic mass is 10.2. The van der Waals surface area contributed by atoms with Crippen LogP contribution in [0.2, 0.25) is 10.3 Å². The maximum atomic E-state index is 14.3. The Hall–Kier alpha value is -3.37. The molecule has 0 amide bonds. The summed E-state index contributed by atoms with van der Waals surface area (Å²) in [4.78, 5) is 19.8. The van der Waals surface area contributed by atoms with Crippen LogP contribution in [0.4, 0.5) is 20.3 Å². The van der Waals surface area contributed by atoms with Crippen molar-refractivity contribution in [2.45, 2.75) is 6.61 Å². The summed E-state index contributed by atoms with van der Waals surface area (Å²) >= 11 is 12.2. The maximum absolute atomic E-state index is 14.3. The van der Waals surface area contributed by atoms with E-state index in [9.17, 15) is 13.6 Å². The van der Waals surface area contributed by atoms with Crippen LogP contribution in [-0.4, -0.2) is 37.3 Å². The average Bonchev–Trinajstić information content (AvgIpc) is 2.81. The molecule has 0 radical (unpaired) electrons.